The second kappa shape index (κ2) is 14.1. The third-order valence-corrected chi connectivity index (χ3v) is 6.90. The van der Waals surface area contributed by atoms with E-state index in [2.05, 4.69) is 0 Å². The molecule has 4 aromatic rings. The first-order chi connectivity index (χ1) is 20.1. The van der Waals surface area contributed by atoms with Crippen LogP contribution in [-0.2, 0) is 43.5 Å². The van der Waals surface area contributed by atoms with E-state index in [9.17, 15) is 4.79 Å². The molecule has 8 heteroatoms. The van der Waals surface area contributed by atoms with Crippen molar-refractivity contribution in [1.29, 1.82) is 0 Å². The molecule has 2 N–H and O–H groups in total. The smallest absolute Gasteiger partial charge is 0.376 e. The lowest BCUT2D eigenvalue weighted by molar-refractivity contribution is -0.0898. The summed E-state index contributed by atoms with van der Waals surface area (Å²) in [6.45, 7) is 3.30. The van der Waals surface area contributed by atoms with E-state index in [4.69, 9.17) is 33.8 Å². The third-order valence-electron chi connectivity index (χ3n) is 6.90. The average Bonchev–Trinajstić information content (AvgIpc) is 3.56. The number of furan rings is 1. The molecular formula is C33H35NO7. The normalized spacial score (nSPS) is 20.2. The van der Waals surface area contributed by atoms with Crippen molar-refractivity contribution in [2.75, 3.05) is 18.9 Å². The summed E-state index contributed by atoms with van der Waals surface area (Å²) in [4.78, 5) is 12.4. The van der Waals surface area contributed by atoms with E-state index in [1.807, 2.05) is 91.0 Å². The van der Waals surface area contributed by atoms with Gasteiger partial charge in [0.2, 0.25) is 5.76 Å². The molecule has 0 spiro atoms. The van der Waals surface area contributed by atoms with Crippen LogP contribution < -0.4 is 5.73 Å². The molecule has 1 aliphatic rings. The highest BCUT2D eigenvalue weighted by molar-refractivity contribution is 5.92. The van der Waals surface area contributed by atoms with Gasteiger partial charge in [-0.3, -0.25) is 0 Å². The fraction of sp³-hybridized carbons (Fsp3) is 0.303. The fourth-order valence-corrected chi connectivity index (χ4v) is 4.85. The molecule has 1 saturated heterocycles. The maximum absolute atomic E-state index is 12.4. The Labute approximate surface area is 239 Å². The van der Waals surface area contributed by atoms with E-state index in [0.717, 1.165) is 16.7 Å². The van der Waals surface area contributed by atoms with E-state index in [1.165, 1.54) is 6.26 Å². The minimum absolute atomic E-state index is 0.0576. The fourth-order valence-electron chi connectivity index (χ4n) is 4.85. The Hall–Kier alpha value is -3.95. The summed E-state index contributed by atoms with van der Waals surface area (Å²) in [5.74, 6) is -0.687. The van der Waals surface area contributed by atoms with Crippen LogP contribution >= 0.6 is 0 Å². The topological polar surface area (TPSA) is 102 Å². The highest BCUT2D eigenvalue weighted by Gasteiger charge is 2.48. The summed E-state index contributed by atoms with van der Waals surface area (Å²) in [5.41, 5.74) is 10.2. The number of benzene rings is 3. The number of carbonyl (C=O) groups excluding carboxylic acids is 1. The van der Waals surface area contributed by atoms with Gasteiger partial charge in [0.15, 0.2) is 0 Å². The summed E-state index contributed by atoms with van der Waals surface area (Å²) in [7, 11) is 0. The van der Waals surface area contributed by atoms with Gasteiger partial charge in [-0.1, -0.05) is 91.0 Å². The zero-order valence-corrected chi connectivity index (χ0v) is 23.0. The molecule has 1 aromatic heterocycles. The number of hydrogen-bond donors (Lipinski definition) is 1. The average molecular weight is 558 g/mol. The van der Waals surface area contributed by atoms with Crippen molar-refractivity contribution in [3.63, 3.8) is 0 Å². The Morgan fingerprint density at radius 3 is 1.88 bits per heavy atom. The molecule has 0 saturated carbocycles. The second-order valence-corrected chi connectivity index (χ2v) is 9.77. The predicted molar refractivity (Wildman–Crippen MR) is 153 cm³/mol. The number of rotatable bonds is 13. The van der Waals surface area contributed by atoms with Gasteiger partial charge in [0.25, 0.3) is 0 Å². The lowest BCUT2D eigenvalue weighted by Gasteiger charge is -2.25. The van der Waals surface area contributed by atoms with Crippen LogP contribution in [0, 0.1) is 0 Å². The maximum Gasteiger partial charge on any atom is 0.376 e. The Kier molecular flexibility index (Phi) is 9.82. The molecule has 1 aliphatic heterocycles. The Balaban J connectivity index is 1.41. The van der Waals surface area contributed by atoms with Crippen molar-refractivity contribution in [3.05, 3.63) is 125 Å². The van der Waals surface area contributed by atoms with Crippen LogP contribution in [0.15, 0.2) is 102 Å². The molecular weight excluding hydrogens is 522 g/mol. The van der Waals surface area contributed by atoms with E-state index >= 15 is 0 Å². The van der Waals surface area contributed by atoms with Crippen LogP contribution in [0.4, 0.5) is 5.69 Å². The number of carbonyl (C=O) groups is 1. The number of hydrogen-bond acceptors (Lipinski definition) is 8. The number of nitrogen functional groups attached to an aromatic ring is 1. The summed E-state index contributed by atoms with van der Waals surface area (Å²) < 4.78 is 36.3. The number of nitrogens with two attached hydrogens (primary N) is 1. The maximum atomic E-state index is 12.4. The number of anilines is 1. The van der Waals surface area contributed by atoms with Crippen molar-refractivity contribution in [2.45, 2.75) is 51.2 Å². The predicted octanol–water partition coefficient (Wildman–Crippen LogP) is 5.87. The molecule has 4 unspecified atom stereocenters. The molecule has 8 nitrogen and oxygen atoms in total. The number of esters is 1. The van der Waals surface area contributed by atoms with Crippen LogP contribution in [0.3, 0.4) is 0 Å². The van der Waals surface area contributed by atoms with Gasteiger partial charge in [0.05, 0.1) is 45.0 Å². The first kappa shape index (κ1) is 28.6. The SMILES string of the molecule is CCOC(=O)c1occ(C2OC(COCc3ccccc3)C(OCc3ccccc3)C2OCc2ccccc2)c1N. The van der Waals surface area contributed by atoms with Crippen molar-refractivity contribution in [3.8, 4) is 0 Å². The van der Waals surface area contributed by atoms with Gasteiger partial charge in [0, 0.05) is 5.56 Å². The molecule has 41 heavy (non-hydrogen) atoms. The quantitative estimate of drug-likeness (QED) is 0.204. The molecule has 214 valence electrons. The Morgan fingerprint density at radius 1 is 0.780 bits per heavy atom. The zero-order valence-electron chi connectivity index (χ0n) is 23.0. The van der Waals surface area contributed by atoms with Crippen molar-refractivity contribution in [1.82, 2.24) is 0 Å². The van der Waals surface area contributed by atoms with Crippen LogP contribution in [0.2, 0.25) is 0 Å². The zero-order chi connectivity index (χ0) is 28.4. The second-order valence-electron chi connectivity index (χ2n) is 9.77. The van der Waals surface area contributed by atoms with Crippen LogP contribution in [0.25, 0.3) is 0 Å². The van der Waals surface area contributed by atoms with E-state index in [-0.39, 0.29) is 24.7 Å². The molecule has 0 radical (unpaired) electrons. The molecule has 0 amide bonds. The molecule has 1 fully saturated rings. The standard InChI is InChI=1S/C33H35NO7/c1-2-37-33(35)31-28(34)26(21-40-31)29-32(39-20-25-16-10-5-11-17-25)30(38-19-24-14-8-4-9-15-24)27(41-29)22-36-18-23-12-6-3-7-13-23/h3-17,21,27,29-30,32H,2,18-20,22,34H2,1H3. The van der Waals surface area contributed by atoms with Gasteiger partial charge >= 0.3 is 5.97 Å². The Morgan fingerprint density at radius 2 is 1.32 bits per heavy atom. The first-order valence-corrected chi connectivity index (χ1v) is 13.8. The van der Waals surface area contributed by atoms with Gasteiger partial charge < -0.3 is 33.8 Å². The van der Waals surface area contributed by atoms with Gasteiger partial charge in [-0.05, 0) is 23.6 Å². The van der Waals surface area contributed by atoms with Crippen molar-refractivity contribution < 1.29 is 32.9 Å². The molecule has 3 aromatic carbocycles. The van der Waals surface area contributed by atoms with Crippen LogP contribution in [-0.4, -0.2) is 37.5 Å². The minimum Gasteiger partial charge on any atom is -0.460 e. The van der Waals surface area contributed by atoms with Gasteiger partial charge in [-0.25, -0.2) is 4.79 Å². The lowest BCUT2D eigenvalue weighted by atomic mass is 10.0. The summed E-state index contributed by atoms with van der Waals surface area (Å²) in [5, 5.41) is 0. The van der Waals surface area contributed by atoms with Gasteiger partial charge in [-0.2, -0.15) is 0 Å². The van der Waals surface area contributed by atoms with Crippen LogP contribution in [0.5, 0.6) is 0 Å². The van der Waals surface area contributed by atoms with Gasteiger partial charge in [0.1, 0.15) is 24.4 Å². The van der Waals surface area contributed by atoms with E-state index in [0.29, 0.717) is 25.4 Å². The highest BCUT2D eigenvalue weighted by Crippen LogP contribution is 2.42. The monoisotopic (exact) mass is 557 g/mol. The molecule has 5 rings (SSSR count). The molecule has 0 bridgehead atoms. The van der Waals surface area contributed by atoms with Crippen molar-refractivity contribution in [2.24, 2.45) is 0 Å². The lowest BCUT2D eigenvalue weighted by Crippen LogP contribution is -2.37. The van der Waals surface area contributed by atoms with E-state index < -0.39 is 30.4 Å². The molecule has 2 heterocycles. The summed E-state index contributed by atoms with van der Waals surface area (Å²) >= 11 is 0. The largest absolute Gasteiger partial charge is 0.460 e. The van der Waals surface area contributed by atoms with Crippen molar-refractivity contribution >= 4 is 11.7 Å². The summed E-state index contributed by atoms with van der Waals surface area (Å²) in [6.07, 6.45) is -0.781. The minimum atomic E-state index is -0.670. The van der Waals surface area contributed by atoms with Crippen LogP contribution in [0.1, 0.15) is 45.8 Å². The Bertz CT molecular complexity index is 1360. The third kappa shape index (κ3) is 7.23. The highest BCUT2D eigenvalue weighted by atomic mass is 16.6. The number of ether oxygens (including phenoxy) is 5. The molecule has 4 atom stereocenters. The van der Waals surface area contributed by atoms with Gasteiger partial charge in [-0.15, -0.1) is 0 Å². The summed E-state index contributed by atoms with van der Waals surface area (Å²) in [6, 6.07) is 29.7. The first-order valence-electron chi connectivity index (χ1n) is 13.8. The van der Waals surface area contributed by atoms with E-state index in [1.54, 1.807) is 6.92 Å². The molecule has 0 aliphatic carbocycles.